The largest absolute Gasteiger partial charge is 0.385 e. The van der Waals surface area contributed by atoms with Gasteiger partial charge in [0.05, 0.1) is 13.0 Å². The lowest BCUT2D eigenvalue weighted by Crippen LogP contribution is -2.43. The molecule has 0 aliphatic rings. The first kappa shape index (κ1) is 27.9. The highest BCUT2D eigenvalue weighted by Gasteiger charge is 2.11. The molecule has 0 rings (SSSR count). The van der Waals surface area contributed by atoms with E-state index in [1.807, 2.05) is 37.3 Å². The average molecular weight is 423 g/mol. The number of hydrogen-bond acceptors (Lipinski definition) is 6. The van der Waals surface area contributed by atoms with Crippen molar-refractivity contribution in [2.45, 2.75) is 20.3 Å². The minimum absolute atomic E-state index is 0.488. The van der Waals surface area contributed by atoms with E-state index in [1.54, 1.807) is 19.3 Å². The summed E-state index contributed by atoms with van der Waals surface area (Å²) >= 11 is 0. The average Bonchev–Trinajstić information content (AvgIpc) is 2.74. The van der Waals surface area contributed by atoms with E-state index in [0.717, 1.165) is 37.0 Å². The zero-order valence-corrected chi connectivity index (χ0v) is 18.9. The van der Waals surface area contributed by atoms with E-state index in [2.05, 4.69) is 29.1 Å². The molecule has 0 bridgehead atoms. The molecule has 0 aromatic heterocycles. The fourth-order valence-corrected chi connectivity index (χ4v) is 2.60. The Labute approximate surface area is 181 Å². The quantitative estimate of drug-likeness (QED) is 0.0884. The summed E-state index contributed by atoms with van der Waals surface area (Å²) in [6.45, 7) is 12.1. The fourth-order valence-electron chi connectivity index (χ4n) is 2.60. The number of halogens is 1. The monoisotopic (exact) mass is 422 g/mol. The molecule has 0 radical (unpaired) electrons. The maximum atomic E-state index is 12.0. The minimum atomic E-state index is 0.488. The van der Waals surface area contributed by atoms with Crippen LogP contribution in [0.2, 0.25) is 0 Å². The van der Waals surface area contributed by atoms with Gasteiger partial charge in [-0.05, 0) is 36.5 Å². The Morgan fingerprint density at radius 2 is 2.13 bits per heavy atom. The molecule has 1 unspecified atom stereocenters. The van der Waals surface area contributed by atoms with Crippen molar-refractivity contribution in [3.63, 3.8) is 0 Å². The lowest BCUT2D eigenvalue weighted by atomic mass is 10.1. The number of aldehydes is 1. The van der Waals surface area contributed by atoms with Gasteiger partial charge in [-0.25, -0.2) is 9.40 Å². The summed E-state index contributed by atoms with van der Waals surface area (Å²) in [4.78, 5) is 13.2. The number of ether oxygens (including phenoxy) is 1. The number of carbonyl (C=O) groups excluding carboxylic acids is 1. The number of methoxy groups -OCH3 is 1. The Morgan fingerprint density at radius 1 is 1.37 bits per heavy atom. The molecule has 6 nitrogen and oxygen atoms in total. The topological polar surface area (TPSA) is 56.8 Å². The van der Waals surface area contributed by atoms with Crippen LogP contribution in [-0.2, 0) is 9.53 Å². The summed E-state index contributed by atoms with van der Waals surface area (Å²) in [6.07, 6.45) is 12.9. The molecule has 0 fully saturated rings. The molecule has 0 heterocycles. The van der Waals surface area contributed by atoms with Crippen molar-refractivity contribution in [2.75, 3.05) is 53.6 Å². The van der Waals surface area contributed by atoms with Crippen LogP contribution in [0.5, 0.6) is 0 Å². The third-order valence-corrected chi connectivity index (χ3v) is 4.30. The van der Waals surface area contributed by atoms with Gasteiger partial charge in [0, 0.05) is 53.1 Å². The summed E-state index contributed by atoms with van der Waals surface area (Å²) < 4.78 is 17.2. The van der Waals surface area contributed by atoms with Gasteiger partial charge in [0.2, 0.25) is 0 Å². The Kier molecular flexibility index (Phi) is 17.6. The van der Waals surface area contributed by atoms with E-state index < -0.39 is 0 Å². The molecule has 30 heavy (non-hydrogen) atoms. The van der Waals surface area contributed by atoms with Crippen LogP contribution in [-0.4, -0.2) is 69.8 Å². The summed E-state index contributed by atoms with van der Waals surface area (Å²) in [5.74, 6) is 0.488. The number of allylic oxidation sites excluding steroid dienone is 3. The molecule has 1 atom stereocenters. The lowest BCUT2D eigenvalue weighted by Gasteiger charge is -2.29. The predicted octanol–water partition coefficient (Wildman–Crippen LogP) is 3.20. The van der Waals surface area contributed by atoms with Gasteiger partial charge in [0.15, 0.2) is 0 Å². The Balaban J connectivity index is 4.46. The van der Waals surface area contributed by atoms with E-state index >= 15 is 0 Å². The van der Waals surface area contributed by atoms with Crippen LogP contribution >= 0.6 is 0 Å². The van der Waals surface area contributed by atoms with Crippen LogP contribution in [0.4, 0.5) is 4.39 Å². The second-order valence-electron chi connectivity index (χ2n) is 7.25. The smallest absolute Gasteiger partial charge is 0.145 e. The Morgan fingerprint density at radius 3 is 2.77 bits per heavy atom. The van der Waals surface area contributed by atoms with Crippen LogP contribution in [0.3, 0.4) is 0 Å². The number of nitrogens with zero attached hydrogens (tertiary/aromatic N) is 2. The predicted molar refractivity (Wildman–Crippen MR) is 123 cm³/mol. The minimum Gasteiger partial charge on any atom is -0.385 e. The molecule has 0 aliphatic carbocycles. The van der Waals surface area contributed by atoms with Gasteiger partial charge in [0.25, 0.3) is 0 Å². The van der Waals surface area contributed by atoms with Gasteiger partial charge < -0.3 is 15.5 Å². The first-order valence-electron chi connectivity index (χ1n) is 10.2. The van der Waals surface area contributed by atoms with E-state index in [-0.39, 0.29) is 0 Å². The highest BCUT2D eigenvalue weighted by atomic mass is 19.1. The van der Waals surface area contributed by atoms with Crippen LogP contribution < -0.4 is 10.7 Å². The molecule has 2 N–H and O–H groups in total. The second kappa shape index (κ2) is 18.9. The SMILES string of the molecule is C=C/C(=C\C=C\F)CNC/C=C/NN(C)CN(C/C=C(\C)C=O)CC(C)CCOC. The van der Waals surface area contributed by atoms with Crippen molar-refractivity contribution in [1.82, 2.24) is 20.7 Å². The number of nitrogens with one attached hydrogen (secondary N) is 2. The van der Waals surface area contributed by atoms with Gasteiger partial charge in [-0.15, -0.1) is 0 Å². The van der Waals surface area contributed by atoms with Gasteiger partial charge in [-0.1, -0.05) is 37.8 Å². The standard InChI is InChI=1S/C23H39FN4O2/c1-6-23(9-7-12-24)17-25-13-8-14-26-27(4)20-28(15-10-22(3)19-29)18-21(2)11-16-30-5/h6-10,12,14,19,21,25-26H,1,11,13,15-18,20H2,2-5H3/b12-7+,14-8+,22-10+,23-9+. The fraction of sp³-hybridized carbons (Fsp3) is 0.522. The highest BCUT2D eigenvalue weighted by molar-refractivity contribution is 5.72. The van der Waals surface area contributed by atoms with Gasteiger partial charge in [0.1, 0.15) is 6.29 Å². The molecule has 0 spiro atoms. The van der Waals surface area contributed by atoms with Gasteiger partial charge in [-0.3, -0.25) is 9.69 Å². The maximum Gasteiger partial charge on any atom is 0.145 e. The van der Waals surface area contributed by atoms with Crippen LogP contribution in [0.25, 0.3) is 0 Å². The lowest BCUT2D eigenvalue weighted by molar-refractivity contribution is -0.104. The van der Waals surface area contributed by atoms with E-state index in [1.165, 1.54) is 6.08 Å². The summed E-state index contributed by atoms with van der Waals surface area (Å²) in [6, 6.07) is 0. The Bertz CT molecular complexity index is 588. The zero-order chi connectivity index (χ0) is 22.6. The van der Waals surface area contributed by atoms with Crippen molar-refractivity contribution in [2.24, 2.45) is 5.92 Å². The molecule has 170 valence electrons. The van der Waals surface area contributed by atoms with Gasteiger partial charge in [-0.2, -0.15) is 0 Å². The molecule has 7 heteroatoms. The molecule has 0 saturated heterocycles. The molecule has 0 aromatic carbocycles. The molecule has 0 amide bonds. The molecular weight excluding hydrogens is 383 g/mol. The Hall–Kier alpha value is -2.06. The van der Waals surface area contributed by atoms with Crippen molar-refractivity contribution in [3.8, 4) is 0 Å². The third kappa shape index (κ3) is 15.8. The summed E-state index contributed by atoms with van der Waals surface area (Å²) in [7, 11) is 3.69. The third-order valence-electron chi connectivity index (χ3n) is 4.30. The molecule has 0 aromatic rings. The van der Waals surface area contributed by atoms with Crippen LogP contribution in [0.15, 0.2) is 60.6 Å². The van der Waals surface area contributed by atoms with Crippen molar-refractivity contribution in [1.29, 1.82) is 0 Å². The molecular formula is C23H39FN4O2. The summed E-state index contributed by atoms with van der Waals surface area (Å²) in [5.41, 5.74) is 4.88. The number of hydrazine groups is 1. The molecule has 0 saturated carbocycles. The van der Waals surface area contributed by atoms with E-state index in [9.17, 15) is 9.18 Å². The highest BCUT2D eigenvalue weighted by Crippen LogP contribution is 2.06. The summed E-state index contributed by atoms with van der Waals surface area (Å²) in [5, 5.41) is 5.23. The second-order valence-corrected chi connectivity index (χ2v) is 7.25. The maximum absolute atomic E-state index is 12.0. The van der Waals surface area contributed by atoms with Crippen molar-refractivity contribution >= 4 is 6.29 Å². The first-order chi connectivity index (χ1) is 14.5. The van der Waals surface area contributed by atoms with Crippen LogP contribution in [0, 0.1) is 5.92 Å². The van der Waals surface area contributed by atoms with E-state index in [0.29, 0.717) is 38.6 Å². The van der Waals surface area contributed by atoms with Gasteiger partial charge >= 0.3 is 0 Å². The number of carbonyl (C=O) groups is 1. The normalized spacial score (nSPS) is 14.2. The first-order valence-corrected chi connectivity index (χ1v) is 10.2. The van der Waals surface area contributed by atoms with Crippen molar-refractivity contribution < 1.29 is 13.9 Å². The zero-order valence-electron chi connectivity index (χ0n) is 18.9. The number of rotatable bonds is 18. The van der Waals surface area contributed by atoms with Crippen LogP contribution in [0.1, 0.15) is 20.3 Å². The number of hydrogen-bond donors (Lipinski definition) is 2. The van der Waals surface area contributed by atoms with Crippen molar-refractivity contribution in [3.05, 3.63) is 60.6 Å². The molecule has 0 aliphatic heterocycles. The van der Waals surface area contributed by atoms with E-state index in [4.69, 9.17) is 4.74 Å².